The molecule has 0 spiro atoms. The molecule has 0 unspecified atom stereocenters. The van der Waals surface area contributed by atoms with Crippen LogP contribution in [-0.4, -0.2) is 43.9 Å². The zero-order chi connectivity index (χ0) is 12.7. The number of ether oxygens (including phenoxy) is 2. The van der Waals surface area contributed by atoms with Crippen molar-refractivity contribution in [1.29, 1.82) is 0 Å². The van der Waals surface area contributed by atoms with E-state index in [4.69, 9.17) is 15.2 Å². The van der Waals surface area contributed by atoms with E-state index >= 15 is 0 Å². The fraction of sp³-hybridized carbons (Fsp3) is 0.455. The Morgan fingerprint density at radius 2 is 2.24 bits per heavy atom. The molecule has 0 aromatic carbocycles. The van der Waals surface area contributed by atoms with E-state index in [2.05, 4.69) is 16.5 Å². The molecular formula is C11H18N4O2. The Morgan fingerprint density at radius 3 is 2.82 bits per heavy atom. The van der Waals surface area contributed by atoms with Crippen LogP contribution in [-0.2, 0) is 4.74 Å². The monoisotopic (exact) mass is 238 g/mol. The predicted octanol–water partition coefficient (Wildman–Crippen LogP) is 0.706. The van der Waals surface area contributed by atoms with Crippen molar-refractivity contribution in [3.05, 3.63) is 18.7 Å². The van der Waals surface area contributed by atoms with Crippen molar-refractivity contribution in [3.63, 3.8) is 0 Å². The summed E-state index contributed by atoms with van der Waals surface area (Å²) in [6.45, 7) is 5.66. The number of anilines is 2. The van der Waals surface area contributed by atoms with Gasteiger partial charge in [0.15, 0.2) is 0 Å². The molecule has 0 aliphatic rings. The molecule has 0 atom stereocenters. The van der Waals surface area contributed by atoms with E-state index in [1.54, 1.807) is 26.4 Å². The second-order valence-corrected chi connectivity index (χ2v) is 3.35. The van der Waals surface area contributed by atoms with Gasteiger partial charge in [0.1, 0.15) is 5.82 Å². The number of aromatic nitrogens is 2. The minimum Gasteiger partial charge on any atom is -0.481 e. The van der Waals surface area contributed by atoms with Gasteiger partial charge in [0.05, 0.1) is 13.7 Å². The van der Waals surface area contributed by atoms with Crippen LogP contribution in [0.25, 0.3) is 0 Å². The summed E-state index contributed by atoms with van der Waals surface area (Å²) < 4.78 is 10.1. The Hall–Kier alpha value is -1.82. The van der Waals surface area contributed by atoms with Gasteiger partial charge in [0.2, 0.25) is 11.8 Å². The van der Waals surface area contributed by atoms with E-state index in [9.17, 15) is 0 Å². The number of nitrogens with zero attached hydrogens (tertiary/aromatic N) is 3. The Bertz CT molecular complexity index is 370. The molecule has 6 nitrogen and oxygen atoms in total. The van der Waals surface area contributed by atoms with Crippen LogP contribution in [0.2, 0.25) is 0 Å². The van der Waals surface area contributed by atoms with Crippen molar-refractivity contribution in [3.8, 4) is 5.88 Å². The van der Waals surface area contributed by atoms with Gasteiger partial charge in [0, 0.05) is 26.3 Å². The van der Waals surface area contributed by atoms with Crippen molar-refractivity contribution in [2.45, 2.75) is 0 Å². The molecule has 0 aliphatic heterocycles. The first-order chi connectivity index (χ1) is 8.21. The van der Waals surface area contributed by atoms with Crippen LogP contribution in [0.1, 0.15) is 0 Å². The van der Waals surface area contributed by atoms with Crippen molar-refractivity contribution >= 4 is 11.8 Å². The topological polar surface area (TPSA) is 73.5 Å². The number of hydrogen-bond donors (Lipinski definition) is 1. The Kier molecular flexibility index (Phi) is 5.22. The highest BCUT2D eigenvalue weighted by atomic mass is 16.5. The molecule has 1 aromatic rings. The third-order valence-corrected chi connectivity index (χ3v) is 2.15. The predicted molar refractivity (Wildman–Crippen MR) is 67.3 cm³/mol. The van der Waals surface area contributed by atoms with Crippen LogP contribution in [0.5, 0.6) is 5.88 Å². The standard InChI is InChI=1S/C11H18N4O2/c1-4-5-15(6-7-16-2)9-8-10(17-3)14-11(12)13-9/h4,8H,1,5-7H2,2-3H3,(H2,12,13,14). The quantitative estimate of drug-likeness (QED) is 0.705. The van der Waals surface area contributed by atoms with Crippen LogP contribution < -0.4 is 15.4 Å². The lowest BCUT2D eigenvalue weighted by Gasteiger charge is -2.22. The summed E-state index contributed by atoms with van der Waals surface area (Å²) in [6.07, 6.45) is 1.79. The van der Waals surface area contributed by atoms with E-state index in [0.717, 1.165) is 0 Å². The maximum atomic E-state index is 5.61. The summed E-state index contributed by atoms with van der Waals surface area (Å²) in [6, 6.07) is 1.73. The molecule has 94 valence electrons. The molecule has 1 rings (SSSR count). The van der Waals surface area contributed by atoms with E-state index < -0.39 is 0 Å². The highest BCUT2D eigenvalue weighted by molar-refractivity contribution is 5.46. The molecule has 0 saturated carbocycles. The van der Waals surface area contributed by atoms with Gasteiger partial charge in [0.25, 0.3) is 0 Å². The second kappa shape index (κ2) is 6.70. The summed E-state index contributed by atoms with van der Waals surface area (Å²) in [7, 11) is 3.19. The first-order valence-electron chi connectivity index (χ1n) is 5.24. The molecule has 0 saturated heterocycles. The number of hydrogen-bond acceptors (Lipinski definition) is 6. The number of rotatable bonds is 7. The van der Waals surface area contributed by atoms with Crippen LogP contribution >= 0.6 is 0 Å². The van der Waals surface area contributed by atoms with Crippen molar-refractivity contribution < 1.29 is 9.47 Å². The van der Waals surface area contributed by atoms with Crippen LogP contribution in [0.4, 0.5) is 11.8 Å². The van der Waals surface area contributed by atoms with Crippen molar-refractivity contribution in [1.82, 2.24) is 9.97 Å². The second-order valence-electron chi connectivity index (χ2n) is 3.35. The molecule has 0 radical (unpaired) electrons. The maximum absolute atomic E-state index is 5.61. The van der Waals surface area contributed by atoms with Crippen LogP contribution in [0, 0.1) is 0 Å². The van der Waals surface area contributed by atoms with Crippen LogP contribution in [0.15, 0.2) is 18.7 Å². The first-order valence-corrected chi connectivity index (χ1v) is 5.24. The lowest BCUT2D eigenvalue weighted by molar-refractivity contribution is 0.205. The molecule has 0 amide bonds. The van der Waals surface area contributed by atoms with E-state index in [0.29, 0.717) is 31.4 Å². The van der Waals surface area contributed by atoms with Gasteiger partial charge in [-0.3, -0.25) is 0 Å². The highest BCUT2D eigenvalue weighted by Crippen LogP contribution is 2.18. The third kappa shape index (κ3) is 3.92. The fourth-order valence-corrected chi connectivity index (χ4v) is 1.35. The summed E-state index contributed by atoms with van der Waals surface area (Å²) in [4.78, 5) is 10.1. The maximum Gasteiger partial charge on any atom is 0.225 e. The Balaban J connectivity index is 2.91. The van der Waals surface area contributed by atoms with Gasteiger partial charge in [-0.15, -0.1) is 6.58 Å². The van der Waals surface area contributed by atoms with Gasteiger partial charge in [-0.05, 0) is 0 Å². The van der Waals surface area contributed by atoms with E-state index in [1.807, 2.05) is 4.90 Å². The van der Waals surface area contributed by atoms with Gasteiger partial charge in [-0.2, -0.15) is 9.97 Å². The Labute approximate surface area is 101 Å². The lowest BCUT2D eigenvalue weighted by atomic mass is 10.4. The largest absolute Gasteiger partial charge is 0.481 e. The molecule has 1 aromatic heterocycles. The summed E-state index contributed by atoms with van der Waals surface area (Å²) >= 11 is 0. The average molecular weight is 238 g/mol. The van der Waals surface area contributed by atoms with E-state index in [-0.39, 0.29) is 5.95 Å². The van der Waals surface area contributed by atoms with Gasteiger partial charge < -0.3 is 20.1 Å². The molecule has 0 fully saturated rings. The Morgan fingerprint density at radius 1 is 1.47 bits per heavy atom. The fourth-order valence-electron chi connectivity index (χ4n) is 1.35. The molecule has 0 bridgehead atoms. The average Bonchev–Trinajstić information content (AvgIpc) is 2.33. The number of nitrogens with two attached hydrogens (primary N) is 1. The van der Waals surface area contributed by atoms with Gasteiger partial charge >= 0.3 is 0 Å². The highest BCUT2D eigenvalue weighted by Gasteiger charge is 2.09. The minimum atomic E-state index is 0.186. The lowest BCUT2D eigenvalue weighted by Crippen LogP contribution is -2.28. The summed E-state index contributed by atoms with van der Waals surface area (Å²) in [5.41, 5.74) is 5.61. The number of nitrogen functional groups attached to an aromatic ring is 1. The molecule has 1 heterocycles. The van der Waals surface area contributed by atoms with Crippen molar-refractivity contribution in [2.75, 3.05) is 44.5 Å². The molecular weight excluding hydrogens is 220 g/mol. The van der Waals surface area contributed by atoms with Gasteiger partial charge in [-0.1, -0.05) is 6.08 Å². The first kappa shape index (κ1) is 13.2. The minimum absolute atomic E-state index is 0.186. The smallest absolute Gasteiger partial charge is 0.225 e. The molecule has 17 heavy (non-hydrogen) atoms. The van der Waals surface area contributed by atoms with Gasteiger partial charge in [-0.25, -0.2) is 0 Å². The molecule has 2 N–H and O–H groups in total. The molecule has 6 heteroatoms. The summed E-state index contributed by atoms with van der Waals surface area (Å²) in [5.74, 6) is 1.33. The SMILES string of the molecule is C=CCN(CCOC)c1cc(OC)nc(N)n1. The zero-order valence-corrected chi connectivity index (χ0v) is 10.2. The normalized spacial score (nSPS) is 10.0. The zero-order valence-electron chi connectivity index (χ0n) is 10.2. The van der Waals surface area contributed by atoms with Crippen LogP contribution in [0.3, 0.4) is 0 Å². The summed E-state index contributed by atoms with van der Waals surface area (Å²) in [5, 5.41) is 0. The molecule has 0 aliphatic carbocycles. The third-order valence-electron chi connectivity index (χ3n) is 2.15. The number of methoxy groups -OCH3 is 2. The van der Waals surface area contributed by atoms with E-state index in [1.165, 1.54) is 0 Å². The van der Waals surface area contributed by atoms with Crippen molar-refractivity contribution in [2.24, 2.45) is 0 Å².